The molecule has 21 heavy (non-hydrogen) atoms. The van der Waals surface area contributed by atoms with Crippen LogP contribution < -0.4 is 0 Å². The van der Waals surface area contributed by atoms with Crippen LogP contribution in [0, 0.1) is 6.92 Å². The number of ether oxygens (including phenoxy) is 1. The molecule has 0 fully saturated rings. The number of carbonyl (C=O) groups is 1. The summed E-state index contributed by atoms with van der Waals surface area (Å²) in [4.78, 5) is 15.8. The lowest BCUT2D eigenvalue weighted by Crippen LogP contribution is -2.09. The van der Waals surface area contributed by atoms with Crippen molar-refractivity contribution >= 4 is 52.4 Å². The van der Waals surface area contributed by atoms with Gasteiger partial charge in [-0.1, -0.05) is 76.2 Å². The topological polar surface area (TPSA) is 39.2 Å². The van der Waals surface area contributed by atoms with E-state index in [9.17, 15) is 4.79 Å². The maximum Gasteiger partial charge on any atom is 0.358 e. The van der Waals surface area contributed by atoms with Crippen molar-refractivity contribution in [3.8, 4) is 0 Å². The van der Waals surface area contributed by atoms with E-state index < -0.39 is 5.97 Å². The summed E-state index contributed by atoms with van der Waals surface area (Å²) < 4.78 is 5.15. The smallest absolute Gasteiger partial charge is 0.358 e. The third kappa shape index (κ3) is 3.80. The number of hydrogen-bond donors (Lipinski definition) is 0. The zero-order valence-electron chi connectivity index (χ0n) is 10.8. The van der Waals surface area contributed by atoms with Crippen molar-refractivity contribution in [3.05, 3.63) is 61.3 Å². The molecule has 0 aliphatic carbocycles. The average Bonchev–Trinajstić information content (AvgIpc) is 2.46. The van der Waals surface area contributed by atoms with E-state index in [-0.39, 0.29) is 32.5 Å². The van der Waals surface area contributed by atoms with Crippen LogP contribution in [0.2, 0.25) is 20.2 Å². The maximum atomic E-state index is 12.0. The van der Waals surface area contributed by atoms with Gasteiger partial charge in [-0.25, -0.2) is 9.78 Å². The first-order valence-corrected chi connectivity index (χ1v) is 7.34. The molecule has 110 valence electrons. The molecule has 0 unspecified atom stereocenters. The van der Waals surface area contributed by atoms with Crippen LogP contribution in [-0.2, 0) is 11.3 Å². The van der Waals surface area contributed by atoms with Gasteiger partial charge in [0.2, 0.25) is 0 Å². The summed E-state index contributed by atoms with van der Waals surface area (Å²) in [6.07, 6.45) is 0. The molecule has 0 bridgehead atoms. The van der Waals surface area contributed by atoms with Crippen LogP contribution in [0.5, 0.6) is 0 Å². The van der Waals surface area contributed by atoms with Gasteiger partial charge in [0.05, 0.1) is 15.1 Å². The van der Waals surface area contributed by atoms with Crippen molar-refractivity contribution in [2.45, 2.75) is 13.5 Å². The second kappa shape index (κ2) is 6.84. The van der Waals surface area contributed by atoms with E-state index in [1.807, 2.05) is 31.2 Å². The van der Waals surface area contributed by atoms with Crippen molar-refractivity contribution in [1.82, 2.24) is 4.98 Å². The highest BCUT2D eigenvalue weighted by molar-refractivity contribution is 6.52. The Balaban J connectivity index is 2.18. The molecule has 7 heteroatoms. The molecule has 1 aromatic carbocycles. The first-order valence-electron chi connectivity index (χ1n) is 5.82. The summed E-state index contributed by atoms with van der Waals surface area (Å²) in [5.41, 5.74) is 1.76. The largest absolute Gasteiger partial charge is 0.456 e. The average molecular weight is 365 g/mol. The number of aromatic nitrogens is 1. The van der Waals surface area contributed by atoms with Crippen molar-refractivity contribution < 1.29 is 9.53 Å². The molecule has 2 aromatic rings. The quantitative estimate of drug-likeness (QED) is 0.543. The Labute approximate surface area is 141 Å². The van der Waals surface area contributed by atoms with Gasteiger partial charge in [0.15, 0.2) is 5.69 Å². The fourth-order valence-corrected chi connectivity index (χ4v) is 2.45. The van der Waals surface area contributed by atoms with Crippen molar-refractivity contribution in [2.24, 2.45) is 0 Å². The Morgan fingerprint density at radius 3 is 2.52 bits per heavy atom. The second-order valence-electron chi connectivity index (χ2n) is 4.26. The van der Waals surface area contributed by atoms with Crippen molar-refractivity contribution in [2.75, 3.05) is 0 Å². The minimum absolute atomic E-state index is 0.00133. The number of halogens is 4. The second-order valence-corrected chi connectivity index (χ2v) is 5.75. The molecule has 0 aliphatic rings. The van der Waals surface area contributed by atoms with Crippen LogP contribution >= 0.6 is 46.4 Å². The highest BCUT2D eigenvalue weighted by atomic mass is 35.5. The van der Waals surface area contributed by atoms with E-state index in [1.165, 1.54) is 0 Å². The number of hydrogen-bond acceptors (Lipinski definition) is 3. The van der Waals surface area contributed by atoms with Crippen LogP contribution in [0.25, 0.3) is 0 Å². The first kappa shape index (κ1) is 16.4. The van der Waals surface area contributed by atoms with E-state index in [0.717, 1.165) is 11.1 Å². The molecule has 3 nitrogen and oxygen atoms in total. The van der Waals surface area contributed by atoms with Crippen LogP contribution in [0.3, 0.4) is 0 Å². The highest BCUT2D eigenvalue weighted by Gasteiger charge is 2.21. The van der Waals surface area contributed by atoms with Gasteiger partial charge >= 0.3 is 5.97 Å². The molecule has 0 N–H and O–H groups in total. The molecular weight excluding hydrogens is 356 g/mol. The predicted octanol–water partition coefficient (Wildman–Crippen LogP) is 5.36. The van der Waals surface area contributed by atoms with Gasteiger partial charge < -0.3 is 4.74 Å². The highest BCUT2D eigenvalue weighted by Crippen LogP contribution is 2.36. The molecule has 0 atom stereocenters. The van der Waals surface area contributed by atoms with Crippen molar-refractivity contribution in [3.63, 3.8) is 0 Å². The Bertz CT molecular complexity index is 704. The summed E-state index contributed by atoms with van der Waals surface area (Å²) >= 11 is 23.4. The van der Waals surface area contributed by atoms with Gasteiger partial charge in [-0.05, 0) is 12.5 Å². The minimum Gasteiger partial charge on any atom is -0.456 e. The van der Waals surface area contributed by atoms with Crippen LogP contribution in [0.4, 0.5) is 0 Å². The lowest BCUT2D eigenvalue weighted by molar-refractivity contribution is 0.0466. The number of benzene rings is 1. The van der Waals surface area contributed by atoms with Crippen LogP contribution in [-0.4, -0.2) is 11.0 Å². The van der Waals surface area contributed by atoms with E-state index >= 15 is 0 Å². The Hall–Kier alpha value is -1.000. The number of esters is 1. The summed E-state index contributed by atoms with van der Waals surface area (Å²) in [5.74, 6) is -0.720. The Morgan fingerprint density at radius 2 is 1.86 bits per heavy atom. The molecule has 0 saturated heterocycles. The number of aryl methyl sites for hydroxylation is 1. The van der Waals surface area contributed by atoms with Gasteiger partial charge in [-0.15, -0.1) is 0 Å². The number of nitrogens with zero attached hydrogens (tertiary/aromatic N) is 1. The minimum atomic E-state index is -0.720. The maximum absolute atomic E-state index is 12.0. The molecule has 0 saturated carbocycles. The SMILES string of the molecule is Cc1cccc(COC(=O)c2nc(Cl)c(Cl)c(Cl)c2Cl)c1. The number of pyridine rings is 1. The number of carbonyl (C=O) groups excluding carboxylic acids is 1. The first-order chi connectivity index (χ1) is 9.90. The molecule has 0 aliphatic heterocycles. The summed E-state index contributed by atoms with van der Waals surface area (Å²) in [6, 6.07) is 7.57. The third-order valence-electron chi connectivity index (χ3n) is 2.63. The zero-order chi connectivity index (χ0) is 15.6. The normalized spacial score (nSPS) is 10.5. The fourth-order valence-electron chi connectivity index (χ4n) is 1.64. The summed E-state index contributed by atoms with van der Waals surface area (Å²) in [5, 5.41) is -0.215. The van der Waals surface area contributed by atoms with Crippen LogP contribution in [0.15, 0.2) is 24.3 Å². The lowest BCUT2D eigenvalue weighted by Gasteiger charge is -2.09. The standard InChI is InChI=1S/C14H9Cl4NO2/c1-7-3-2-4-8(5-7)6-21-14(20)12-10(16)9(15)11(17)13(18)19-12/h2-5H,6H2,1H3. The molecule has 0 radical (unpaired) electrons. The predicted molar refractivity (Wildman–Crippen MR) is 84.6 cm³/mol. The Morgan fingerprint density at radius 1 is 1.14 bits per heavy atom. The molecule has 1 aromatic heterocycles. The molecule has 1 heterocycles. The van der Waals surface area contributed by atoms with Gasteiger partial charge in [0, 0.05) is 0 Å². The monoisotopic (exact) mass is 363 g/mol. The summed E-state index contributed by atoms with van der Waals surface area (Å²) in [6.45, 7) is 2.04. The van der Waals surface area contributed by atoms with Gasteiger partial charge in [0.1, 0.15) is 11.8 Å². The molecular formula is C14H9Cl4NO2. The fraction of sp³-hybridized carbons (Fsp3) is 0.143. The van der Waals surface area contributed by atoms with E-state index in [0.29, 0.717) is 0 Å². The summed E-state index contributed by atoms with van der Waals surface area (Å²) in [7, 11) is 0. The van der Waals surface area contributed by atoms with E-state index in [4.69, 9.17) is 51.1 Å². The molecule has 0 spiro atoms. The Kier molecular flexibility index (Phi) is 5.33. The van der Waals surface area contributed by atoms with Gasteiger partial charge in [-0.2, -0.15) is 0 Å². The van der Waals surface area contributed by atoms with E-state index in [2.05, 4.69) is 4.98 Å². The lowest BCUT2D eigenvalue weighted by atomic mass is 10.1. The van der Waals surface area contributed by atoms with Crippen molar-refractivity contribution in [1.29, 1.82) is 0 Å². The molecule has 0 amide bonds. The number of rotatable bonds is 3. The van der Waals surface area contributed by atoms with Gasteiger partial charge in [0.25, 0.3) is 0 Å². The third-order valence-corrected chi connectivity index (χ3v) is 4.31. The van der Waals surface area contributed by atoms with Crippen LogP contribution in [0.1, 0.15) is 21.6 Å². The van der Waals surface area contributed by atoms with E-state index in [1.54, 1.807) is 0 Å². The molecule has 2 rings (SSSR count). The van der Waals surface area contributed by atoms with Gasteiger partial charge in [-0.3, -0.25) is 0 Å². The zero-order valence-corrected chi connectivity index (χ0v) is 13.8.